The van der Waals surface area contributed by atoms with Gasteiger partial charge in [-0.05, 0) is 85.3 Å². The minimum Gasteiger partial charge on any atom is -0.508 e. The van der Waals surface area contributed by atoms with Gasteiger partial charge in [-0.25, -0.2) is 9.34 Å². The molecule has 1 unspecified atom stereocenters. The minimum atomic E-state index is -1.51. The van der Waals surface area contributed by atoms with E-state index in [0.29, 0.717) is 13.1 Å². The monoisotopic (exact) mass is 674 g/mol. The highest BCUT2D eigenvalue weighted by molar-refractivity contribution is 7.47. The summed E-state index contributed by atoms with van der Waals surface area (Å²) in [6, 6.07) is 45.8. The molecule has 0 bridgehead atoms. The highest BCUT2D eigenvalue weighted by Crippen LogP contribution is 2.56. The third-order valence-corrected chi connectivity index (χ3v) is 11.3. The van der Waals surface area contributed by atoms with Crippen molar-refractivity contribution in [2.24, 2.45) is 0 Å². The maximum absolute atomic E-state index is 10.2. The van der Waals surface area contributed by atoms with Gasteiger partial charge >= 0.3 is 0 Å². The maximum Gasteiger partial charge on any atom is 0.249 e. The van der Waals surface area contributed by atoms with Crippen molar-refractivity contribution in [2.45, 2.75) is 69.9 Å². The predicted molar refractivity (Wildman–Crippen MR) is 193 cm³/mol. The number of rotatable bonds is 10. The molecule has 7 rings (SSSR count). The molecule has 7 nitrogen and oxygen atoms in total. The van der Waals surface area contributed by atoms with E-state index in [2.05, 4.69) is 57.9 Å². The molecule has 0 aliphatic carbocycles. The molecule has 8 heteroatoms. The summed E-state index contributed by atoms with van der Waals surface area (Å²) in [5.74, 6) is 0.448. The highest BCUT2D eigenvalue weighted by atomic mass is 31.2. The van der Waals surface area contributed by atoms with Crippen LogP contribution in [-0.4, -0.2) is 49.6 Å². The molecule has 2 heterocycles. The first-order valence-corrected chi connectivity index (χ1v) is 18.0. The first-order chi connectivity index (χ1) is 23.8. The zero-order chi connectivity index (χ0) is 33.8. The van der Waals surface area contributed by atoms with Gasteiger partial charge in [0.25, 0.3) is 0 Å². The molecule has 2 saturated heterocycles. The second kappa shape index (κ2) is 14.7. The lowest BCUT2D eigenvalue weighted by Crippen LogP contribution is -2.48. The average molecular weight is 675 g/mol. The van der Waals surface area contributed by atoms with Crippen LogP contribution in [0.2, 0.25) is 0 Å². The molecular weight excluding hydrogens is 631 g/mol. The van der Waals surface area contributed by atoms with Crippen LogP contribution >= 0.6 is 8.45 Å². The molecule has 0 radical (unpaired) electrons. The second-order valence-corrected chi connectivity index (χ2v) is 15.0. The molecule has 2 aliphatic heterocycles. The minimum absolute atomic E-state index is 0.124. The Bertz CT molecular complexity index is 1660. The summed E-state index contributed by atoms with van der Waals surface area (Å²) in [6.07, 6.45) is 0.883. The van der Waals surface area contributed by atoms with Crippen LogP contribution in [0.4, 0.5) is 0 Å². The van der Waals surface area contributed by atoms with Crippen molar-refractivity contribution in [1.29, 1.82) is 0 Å². The van der Waals surface area contributed by atoms with Crippen LogP contribution in [0.3, 0.4) is 0 Å². The van der Waals surface area contributed by atoms with Crippen LogP contribution in [0.15, 0.2) is 140 Å². The van der Waals surface area contributed by atoms with Crippen LogP contribution in [0.5, 0.6) is 17.2 Å². The normalized spacial score (nSPS) is 23.8. The van der Waals surface area contributed by atoms with Gasteiger partial charge in [0.05, 0.1) is 12.1 Å². The van der Waals surface area contributed by atoms with E-state index in [1.807, 2.05) is 80.6 Å². The van der Waals surface area contributed by atoms with Crippen molar-refractivity contribution in [3.8, 4) is 17.2 Å². The number of phenols is 2. The van der Waals surface area contributed by atoms with Crippen LogP contribution in [0.25, 0.3) is 0 Å². The summed E-state index contributed by atoms with van der Waals surface area (Å²) in [4.78, 5) is 0. The summed E-state index contributed by atoms with van der Waals surface area (Å²) in [7, 11) is -1.51. The Morgan fingerprint density at radius 3 is 1.35 bits per heavy atom. The maximum atomic E-state index is 10.2. The molecular formula is C41H43N2O5P. The summed E-state index contributed by atoms with van der Waals surface area (Å²) in [6.45, 7) is 5.15. The van der Waals surface area contributed by atoms with Gasteiger partial charge in [0.15, 0.2) is 5.79 Å². The fourth-order valence-corrected chi connectivity index (χ4v) is 9.24. The largest absolute Gasteiger partial charge is 0.508 e. The molecule has 5 aromatic rings. The van der Waals surface area contributed by atoms with Crippen molar-refractivity contribution in [3.63, 3.8) is 0 Å². The third kappa shape index (κ3) is 7.99. The number of benzene rings is 5. The van der Waals surface area contributed by atoms with Gasteiger partial charge < -0.3 is 24.2 Å². The highest BCUT2D eigenvalue weighted by Gasteiger charge is 2.57. The molecule has 49 heavy (non-hydrogen) atoms. The number of nitrogens with zero attached hydrogens (tertiary/aromatic N) is 2. The van der Waals surface area contributed by atoms with Gasteiger partial charge in [-0.2, -0.15) is 0 Å². The number of hydrogen-bond acceptors (Lipinski definition) is 7. The van der Waals surface area contributed by atoms with Gasteiger partial charge in [-0.1, -0.05) is 103 Å². The van der Waals surface area contributed by atoms with Crippen molar-refractivity contribution in [1.82, 2.24) is 9.34 Å². The van der Waals surface area contributed by atoms with Crippen molar-refractivity contribution < 1.29 is 24.2 Å². The van der Waals surface area contributed by atoms with Crippen LogP contribution in [0.1, 0.15) is 36.1 Å². The zero-order valence-electron chi connectivity index (χ0n) is 27.9. The number of ether oxygens (including phenoxy) is 2. The fourth-order valence-electron chi connectivity index (χ4n) is 6.92. The molecule has 0 amide bonds. The first kappa shape index (κ1) is 33.3. The Morgan fingerprint density at radius 2 is 0.939 bits per heavy atom. The molecule has 2 aliphatic rings. The Balaban J connectivity index is 1.43. The number of para-hydroxylation sites is 1. The van der Waals surface area contributed by atoms with E-state index in [-0.39, 0.29) is 35.8 Å². The third-order valence-electron chi connectivity index (χ3n) is 9.19. The summed E-state index contributed by atoms with van der Waals surface area (Å²) < 4.78 is 26.1. The van der Waals surface area contributed by atoms with Crippen molar-refractivity contribution in [2.75, 3.05) is 0 Å². The van der Waals surface area contributed by atoms with Gasteiger partial charge in [0.1, 0.15) is 29.5 Å². The average Bonchev–Trinajstić information content (AvgIpc) is 3.41. The zero-order valence-corrected chi connectivity index (χ0v) is 28.8. The van der Waals surface area contributed by atoms with Gasteiger partial charge in [-0.3, -0.25) is 0 Å². The fraction of sp³-hybridized carbons (Fsp3) is 0.268. The number of fused-ring (bicyclic) bond motifs is 1. The van der Waals surface area contributed by atoms with E-state index >= 15 is 0 Å². The van der Waals surface area contributed by atoms with Crippen molar-refractivity contribution >= 4 is 8.45 Å². The summed E-state index contributed by atoms with van der Waals surface area (Å²) in [5, 5.41) is 20.4. The molecule has 0 spiro atoms. The van der Waals surface area contributed by atoms with E-state index in [1.54, 1.807) is 24.3 Å². The van der Waals surface area contributed by atoms with Crippen LogP contribution < -0.4 is 4.52 Å². The van der Waals surface area contributed by atoms with Gasteiger partial charge in [-0.15, -0.1) is 0 Å². The number of aromatic hydroxyl groups is 2. The van der Waals surface area contributed by atoms with E-state index in [1.165, 1.54) is 11.1 Å². The Hall–Kier alpha value is -4.23. The lowest BCUT2D eigenvalue weighted by molar-refractivity contribution is -0.155. The lowest BCUT2D eigenvalue weighted by Gasteiger charge is -2.42. The standard InChI is InChI=1S/C41H43N2O5P/c1-41(2)46-39-37(26-30-12-6-3-7-13-30)42(28-32-18-22-34(44)23-19-32)49(48-36-16-10-5-11-17-36)43(29-33-20-24-35(45)25-21-33)38(40(39)47-41)27-31-14-8-4-9-15-31/h3-25,37-40,44-45H,26-29H2,1-2H3/t37-,38+,39-,40-,49?/m0/s1. The van der Waals surface area contributed by atoms with E-state index in [9.17, 15) is 10.2 Å². The first-order valence-electron chi connectivity index (χ1n) is 16.9. The second-order valence-electron chi connectivity index (χ2n) is 13.3. The number of hydrogen-bond donors (Lipinski definition) is 2. The smallest absolute Gasteiger partial charge is 0.249 e. The SMILES string of the molecule is CC1(C)O[C@@H]2[C@@H](O1)[C@H](Cc1ccccc1)N(Cc1ccc(O)cc1)P(Oc1ccccc1)N(Cc1ccc(O)cc1)[C@@H]2Cc1ccccc1. The summed E-state index contributed by atoms with van der Waals surface area (Å²) >= 11 is 0. The van der Waals surface area contributed by atoms with Gasteiger partial charge in [0, 0.05) is 13.1 Å². The Morgan fingerprint density at radius 1 is 0.551 bits per heavy atom. The molecule has 5 atom stereocenters. The number of phenolic OH excluding ortho intramolecular Hbond substituents is 2. The van der Waals surface area contributed by atoms with Crippen molar-refractivity contribution in [3.05, 3.63) is 162 Å². The molecule has 0 saturated carbocycles. The quantitative estimate of drug-likeness (QED) is 0.144. The Kier molecular flexibility index (Phi) is 9.99. The van der Waals surface area contributed by atoms with E-state index in [4.69, 9.17) is 14.0 Å². The molecule has 0 aromatic heterocycles. The Labute approximate surface area is 290 Å². The van der Waals surface area contributed by atoms with Gasteiger partial charge in [0.2, 0.25) is 8.45 Å². The van der Waals surface area contributed by atoms with E-state index in [0.717, 1.165) is 29.7 Å². The molecule has 2 fully saturated rings. The molecule has 252 valence electrons. The molecule has 5 aromatic carbocycles. The topological polar surface area (TPSA) is 74.6 Å². The molecule has 2 N–H and O–H groups in total. The van der Waals surface area contributed by atoms with Crippen LogP contribution in [-0.2, 0) is 35.4 Å². The van der Waals surface area contributed by atoms with E-state index < -0.39 is 14.2 Å². The lowest BCUT2D eigenvalue weighted by atomic mass is 9.91. The summed E-state index contributed by atoms with van der Waals surface area (Å²) in [5.41, 5.74) is 4.52. The van der Waals surface area contributed by atoms with Crippen LogP contribution in [0, 0.1) is 0 Å². The predicted octanol–water partition coefficient (Wildman–Crippen LogP) is 8.46.